The summed E-state index contributed by atoms with van der Waals surface area (Å²) in [6, 6.07) is 0. The van der Waals surface area contributed by atoms with Crippen LogP contribution in [0, 0.1) is 5.92 Å². The van der Waals surface area contributed by atoms with E-state index < -0.39 is 21.2 Å². The van der Waals surface area contributed by atoms with Crippen molar-refractivity contribution in [3.05, 3.63) is 0 Å². The molecule has 3 atom stereocenters. The number of esters is 1. The van der Waals surface area contributed by atoms with Crippen LogP contribution in [-0.2, 0) is 9.53 Å². The first-order chi connectivity index (χ1) is 8.61. The molecule has 0 saturated carbocycles. The zero-order valence-electron chi connectivity index (χ0n) is 11.1. The molecule has 0 aromatic carbocycles. The van der Waals surface area contributed by atoms with Crippen LogP contribution in [0.3, 0.4) is 0 Å². The van der Waals surface area contributed by atoms with E-state index >= 15 is 0 Å². The summed E-state index contributed by atoms with van der Waals surface area (Å²) in [5.41, 5.74) is 0. The van der Waals surface area contributed by atoms with Crippen molar-refractivity contribution in [1.29, 1.82) is 0 Å². The number of halogens is 5. The zero-order chi connectivity index (χ0) is 15.2. The molecule has 0 N–H and O–H groups in total. The summed E-state index contributed by atoms with van der Waals surface area (Å²) in [6.45, 7) is 5.81. The Hall–Kier alpha value is 0.920. The van der Waals surface area contributed by atoms with Gasteiger partial charge in [0.1, 0.15) is 6.10 Å². The Morgan fingerprint density at radius 1 is 1.21 bits per heavy atom. The van der Waals surface area contributed by atoms with E-state index in [0.717, 1.165) is 19.3 Å². The van der Waals surface area contributed by atoms with Gasteiger partial charge in [0.15, 0.2) is 0 Å². The van der Waals surface area contributed by atoms with Gasteiger partial charge in [-0.2, -0.15) is 0 Å². The molecule has 0 aromatic rings. The molecule has 0 aliphatic carbocycles. The van der Waals surface area contributed by atoms with Gasteiger partial charge in [-0.1, -0.05) is 68.4 Å². The van der Waals surface area contributed by atoms with Crippen molar-refractivity contribution in [1.82, 2.24) is 0 Å². The molecule has 2 nitrogen and oxygen atoms in total. The van der Waals surface area contributed by atoms with Crippen LogP contribution in [0.25, 0.3) is 0 Å². The van der Waals surface area contributed by atoms with Crippen molar-refractivity contribution in [2.24, 2.45) is 5.92 Å². The Morgan fingerprint density at radius 3 is 2.11 bits per heavy atom. The molecule has 0 fully saturated rings. The topological polar surface area (TPSA) is 26.3 Å². The smallest absolute Gasteiger partial charge is 0.358 e. The van der Waals surface area contributed by atoms with Crippen LogP contribution in [0.15, 0.2) is 0 Å². The van der Waals surface area contributed by atoms with Gasteiger partial charge in [-0.15, -0.1) is 23.2 Å². The van der Waals surface area contributed by atoms with Crippen LogP contribution < -0.4 is 0 Å². The van der Waals surface area contributed by atoms with E-state index in [4.69, 9.17) is 62.7 Å². The molecule has 0 saturated heterocycles. The van der Waals surface area contributed by atoms with Gasteiger partial charge in [0.25, 0.3) is 3.79 Å². The normalized spacial score (nSPS) is 17.1. The lowest BCUT2D eigenvalue weighted by Crippen LogP contribution is -2.40. The van der Waals surface area contributed by atoms with Crippen molar-refractivity contribution in [3.8, 4) is 0 Å². The predicted molar refractivity (Wildman–Crippen MR) is 83.8 cm³/mol. The Morgan fingerprint density at radius 2 is 1.74 bits per heavy atom. The Kier molecular flexibility index (Phi) is 9.48. The van der Waals surface area contributed by atoms with Gasteiger partial charge < -0.3 is 4.74 Å². The summed E-state index contributed by atoms with van der Waals surface area (Å²) in [4.78, 5) is 11.6. The molecule has 0 aliphatic rings. The highest BCUT2D eigenvalue weighted by Crippen LogP contribution is 2.31. The van der Waals surface area contributed by atoms with Gasteiger partial charge in [0.2, 0.25) is 0 Å². The number of alkyl halides is 5. The van der Waals surface area contributed by atoms with Gasteiger partial charge in [-0.05, 0) is 12.3 Å². The molecule has 7 heteroatoms. The van der Waals surface area contributed by atoms with Gasteiger partial charge in [0, 0.05) is 0 Å². The van der Waals surface area contributed by atoms with Crippen LogP contribution in [0.1, 0.15) is 40.0 Å². The van der Waals surface area contributed by atoms with E-state index in [0.29, 0.717) is 0 Å². The molecule has 0 bridgehead atoms. The minimum atomic E-state index is -2.10. The molecule has 114 valence electrons. The molecule has 0 aromatic heterocycles. The summed E-state index contributed by atoms with van der Waals surface area (Å²) >= 11 is 28.9. The fourth-order valence-electron chi connectivity index (χ4n) is 1.52. The van der Waals surface area contributed by atoms with Crippen molar-refractivity contribution in [2.45, 2.75) is 60.7 Å². The SMILES string of the molecule is CCCC[C@H](Cl)[C@@H](Cl)[C@H](OC(=O)C(Cl)(Cl)Cl)C(C)C. The molecular formula is C12H19Cl5O2. The second-order valence-corrected chi connectivity index (χ2v) is 8.06. The number of hydrogen-bond acceptors (Lipinski definition) is 2. The number of hydrogen-bond donors (Lipinski definition) is 0. The third-order valence-corrected chi connectivity index (χ3v) is 4.26. The second-order valence-electron chi connectivity index (χ2n) is 4.71. The van der Waals surface area contributed by atoms with Gasteiger partial charge in [-0.3, -0.25) is 0 Å². The Balaban J connectivity index is 4.68. The number of rotatable bonds is 7. The molecule has 0 heterocycles. The van der Waals surface area contributed by atoms with Crippen LogP contribution in [0.2, 0.25) is 0 Å². The van der Waals surface area contributed by atoms with Crippen molar-refractivity contribution >= 4 is 64.0 Å². The quantitative estimate of drug-likeness (QED) is 0.446. The molecule has 0 rings (SSSR count). The fourth-order valence-corrected chi connectivity index (χ4v) is 2.42. The van der Waals surface area contributed by atoms with E-state index in [2.05, 4.69) is 6.92 Å². The fraction of sp³-hybridized carbons (Fsp3) is 0.917. The van der Waals surface area contributed by atoms with Crippen molar-refractivity contribution in [2.75, 3.05) is 0 Å². The number of ether oxygens (including phenoxy) is 1. The highest BCUT2D eigenvalue weighted by molar-refractivity contribution is 6.75. The number of carbonyl (C=O) groups is 1. The predicted octanol–water partition coefficient (Wildman–Crippen LogP) is 5.33. The lowest BCUT2D eigenvalue weighted by Gasteiger charge is -2.29. The van der Waals surface area contributed by atoms with Crippen LogP contribution in [0.5, 0.6) is 0 Å². The monoisotopic (exact) mass is 370 g/mol. The molecule has 0 aliphatic heterocycles. The maximum atomic E-state index is 11.6. The molecule has 0 spiro atoms. The Labute approximate surface area is 140 Å². The third kappa shape index (κ3) is 7.47. The summed E-state index contributed by atoms with van der Waals surface area (Å²) in [5.74, 6) is -0.956. The molecule has 0 radical (unpaired) electrons. The van der Waals surface area contributed by atoms with Gasteiger partial charge in [-0.25, -0.2) is 4.79 Å². The Bertz CT molecular complexity index is 278. The minimum absolute atomic E-state index is 0.0262. The average molecular weight is 373 g/mol. The van der Waals surface area contributed by atoms with Crippen molar-refractivity contribution < 1.29 is 9.53 Å². The zero-order valence-corrected chi connectivity index (χ0v) is 14.9. The summed E-state index contributed by atoms with van der Waals surface area (Å²) in [5, 5.41) is -0.818. The van der Waals surface area contributed by atoms with E-state index in [1.54, 1.807) is 0 Å². The highest BCUT2D eigenvalue weighted by Gasteiger charge is 2.38. The lowest BCUT2D eigenvalue weighted by atomic mass is 9.99. The molecule has 0 unspecified atom stereocenters. The second kappa shape index (κ2) is 9.04. The standard InChI is InChI=1S/C12H19Cl5O2/c1-4-5-6-8(13)9(14)10(7(2)3)19-11(18)12(15,16)17/h7-10H,4-6H2,1-3H3/t8-,9+,10+/m0/s1. The van der Waals surface area contributed by atoms with E-state index in [9.17, 15) is 4.79 Å². The van der Waals surface area contributed by atoms with E-state index in [1.807, 2.05) is 13.8 Å². The third-order valence-electron chi connectivity index (χ3n) is 2.62. The first-order valence-electron chi connectivity index (χ1n) is 6.17. The summed E-state index contributed by atoms with van der Waals surface area (Å²) in [6.07, 6.45) is 2.14. The first kappa shape index (κ1) is 19.9. The number of carbonyl (C=O) groups excluding carboxylic acids is 1. The first-order valence-corrected chi connectivity index (χ1v) is 8.17. The maximum Gasteiger partial charge on any atom is 0.358 e. The molecule has 19 heavy (non-hydrogen) atoms. The van der Waals surface area contributed by atoms with Crippen LogP contribution >= 0.6 is 58.0 Å². The average Bonchev–Trinajstić information content (AvgIpc) is 2.29. The largest absolute Gasteiger partial charge is 0.457 e. The number of unbranched alkanes of at least 4 members (excludes halogenated alkanes) is 1. The van der Waals surface area contributed by atoms with Gasteiger partial charge >= 0.3 is 5.97 Å². The molecule has 0 amide bonds. The van der Waals surface area contributed by atoms with E-state index in [-0.39, 0.29) is 11.3 Å². The minimum Gasteiger partial charge on any atom is -0.457 e. The van der Waals surface area contributed by atoms with Crippen LogP contribution in [-0.4, -0.2) is 26.6 Å². The summed E-state index contributed by atoms with van der Waals surface area (Å²) in [7, 11) is 0. The maximum absolute atomic E-state index is 11.6. The van der Waals surface area contributed by atoms with Gasteiger partial charge in [0.05, 0.1) is 10.8 Å². The molecular weight excluding hydrogens is 353 g/mol. The van der Waals surface area contributed by atoms with Crippen molar-refractivity contribution in [3.63, 3.8) is 0 Å². The lowest BCUT2D eigenvalue weighted by molar-refractivity contribution is -0.150. The van der Waals surface area contributed by atoms with Crippen LogP contribution in [0.4, 0.5) is 0 Å². The summed E-state index contributed by atoms with van der Waals surface area (Å²) < 4.78 is 3.09. The van der Waals surface area contributed by atoms with E-state index in [1.165, 1.54) is 0 Å². The highest BCUT2D eigenvalue weighted by atomic mass is 35.6.